The summed E-state index contributed by atoms with van der Waals surface area (Å²) in [5.74, 6) is -1.58. The maximum Gasteiger partial charge on any atom is 0.252 e. The van der Waals surface area contributed by atoms with E-state index in [4.69, 9.17) is 4.74 Å². The first-order valence-corrected chi connectivity index (χ1v) is 11.3. The molecule has 0 radical (unpaired) electrons. The number of halogens is 1. The quantitative estimate of drug-likeness (QED) is 0.533. The number of rotatable bonds is 4. The molecule has 160 valence electrons. The number of imide groups is 1. The van der Waals surface area contributed by atoms with Crippen LogP contribution in [0.2, 0.25) is 0 Å². The Morgan fingerprint density at radius 1 is 1.06 bits per heavy atom. The molecule has 0 bridgehead atoms. The normalized spacial score (nSPS) is 29.1. The van der Waals surface area contributed by atoms with Crippen LogP contribution in [0.1, 0.15) is 12.5 Å². The van der Waals surface area contributed by atoms with Crippen LogP contribution in [0.3, 0.4) is 0 Å². The standard InChI is InChI=1S/C23H22BrN3O4/c1-13-18-19(21(29)27(20(18)28)14-7-9-15(31-2)10-8-14)23(25-13)16-5-3-4-6-17(16)26(12-11-24)22(23)30/h3-10,13,18-19,25H,11-12H2,1-2H3/t13-,18+,19+,23+/m0/s1. The molecule has 5 rings (SSSR count). The van der Waals surface area contributed by atoms with E-state index >= 15 is 0 Å². The molecular formula is C23H22BrN3O4. The van der Waals surface area contributed by atoms with Crippen molar-refractivity contribution in [3.8, 4) is 5.75 Å². The highest BCUT2D eigenvalue weighted by molar-refractivity contribution is 9.09. The summed E-state index contributed by atoms with van der Waals surface area (Å²) in [6.45, 7) is 2.35. The van der Waals surface area contributed by atoms with Gasteiger partial charge in [-0.2, -0.15) is 0 Å². The van der Waals surface area contributed by atoms with Crippen LogP contribution in [0.5, 0.6) is 5.75 Å². The molecule has 31 heavy (non-hydrogen) atoms. The number of nitrogens with one attached hydrogen (secondary N) is 1. The Kier molecular flexibility index (Phi) is 4.67. The number of anilines is 2. The molecule has 2 fully saturated rings. The first-order chi connectivity index (χ1) is 15.0. The SMILES string of the molecule is COc1ccc(N2C(=O)[C@@H]3[C@H](C)N[C@@]4(C(=O)N(CCBr)c5ccccc54)[C@H]3C2=O)cc1. The average molecular weight is 484 g/mol. The van der Waals surface area contributed by atoms with E-state index in [9.17, 15) is 14.4 Å². The van der Waals surface area contributed by atoms with Gasteiger partial charge in [-0.3, -0.25) is 19.7 Å². The smallest absolute Gasteiger partial charge is 0.252 e. The molecule has 0 unspecified atom stereocenters. The third-order valence-electron chi connectivity index (χ3n) is 6.65. The fourth-order valence-corrected chi connectivity index (χ4v) is 5.76. The maximum atomic E-state index is 13.8. The minimum Gasteiger partial charge on any atom is -0.497 e. The van der Waals surface area contributed by atoms with Gasteiger partial charge >= 0.3 is 0 Å². The van der Waals surface area contributed by atoms with Gasteiger partial charge in [0.15, 0.2) is 0 Å². The zero-order valence-corrected chi connectivity index (χ0v) is 18.8. The minimum absolute atomic E-state index is 0.176. The monoisotopic (exact) mass is 483 g/mol. The lowest BCUT2D eigenvalue weighted by atomic mass is 9.76. The zero-order valence-electron chi connectivity index (χ0n) is 17.2. The van der Waals surface area contributed by atoms with Crippen LogP contribution in [0, 0.1) is 11.8 Å². The molecule has 3 amide bonds. The summed E-state index contributed by atoms with van der Waals surface area (Å²) >= 11 is 3.42. The summed E-state index contributed by atoms with van der Waals surface area (Å²) in [6.07, 6.45) is 0. The van der Waals surface area contributed by atoms with Crippen molar-refractivity contribution in [1.29, 1.82) is 0 Å². The first kappa shape index (κ1) is 20.2. The summed E-state index contributed by atoms with van der Waals surface area (Å²) in [6, 6.07) is 14.0. The van der Waals surface area contributed by atoms with Crippen molar-refractivity contribution >= 4 is 45.0 Å². The number of para-hydroxylation sites is 1. The van der Waals surface area contributed by atoms with Crippen molar-refractivity contribution < 1.29 is 19.1 Å². The van der Waals surface area contributed by atoms with Crippen LogP contribution in [0.4, 0.5) is 11.4 Å². The lowest BCUT2D eigenvalue weighted by Gasteiger charge is -2.30. The number of carbonyl (C=O) groups is 3. The fraction of sp³-hybridized carbons (Fsp3) is 0.348. The number of alkyl halides is 1. The van der Waals surface area contributed by atoms with E-state index in [1.807, 2.05) is 31.2 Å². The van der Waals surface area contributed by atoms with Crippen LogP contribution < -0.4 is 19.9 Å². The highest BCUT2D eigenvalue weighted by Crippen LogP contribution is 2.54. The molecule has 1 N–H and O–H groups in total. The minimum atomic E-state index is -1.24. The summed E-state index contributed by atoms with van der Waals surface area (Å²) in [5, 5.41) is 3.99. The molecule has 2 aromatic carbocycles. The number of amides is 3. The van der Waals surface area contributed by atoms with Crippen LogP contribution in [0.15, 0.2) is 48.5 Å². The van der Waals surface area contributed by atoms with Gasteiger partial charge in [-0.05, 0) is 37.3 Å². The number of fused-ring (bicyclic) bond motifs is 4. The summed E-state index contributed by atoms with van der Waals surface area (Å²) in [5.41, 5.74) is 0.800. The lowest BCUT2D eigenvalue weighted by Crippen LogP contribution is -2.55. The van der Waals surface area contributed by atoms with Crippen molar-refractivity contribution in [3.63, 3.8) is 0 Å². The summed E-state index contributed by atoms with van der Waals surface area (Å²) < 4.78 is 5.19. The number of hydrogen-bond acceptors (Lipinski definition) is 5. The van der Waals surface area contributed by atoms with E-state index in [0.29, 0.717) is 23.3 Å². The van der Waals surface area contributed by atoms with Crippen molar-refractivity contribution in [2.45, 2.75) is 18.5 Å². The van der Waals surface area contributed by atoms with Gasteiger partial charge in [0.1, 0.15) is 11.3 Å². The molecule has 0 aliphatic carbocycles. The van der Waals surface area contributed by atoms with Gasteiger partial charge in [-0.1, -0.05) is 34.1 Å². The Balaban J connectivity index is 1.63. The predicted molar refractivity (Wildman–Crippen MR) is 119 cm³/mol. The Bertz CT molecular complexity index is 1090. The number of hydrogen-bond donors (Lipinski definition) is 1. The highest BCUT2D eigenvalue weighted by atomic mass is 79.9. The third kappa shape index (κ3) is 2.58. The number of carbonyl (C=O) groups excluding carboxylic acids is 3. The molecule has 0 saturated carbocycles. The van der Waals surface area contributed by atoms with Crippen LogP contribution in [-0.2, 0) is 19.9 Å². The molecule has 3 aliphatic heterocycles. The van der Waals surface area contributed by atoms with Gasteiger partial charge in [-0.25, -0.2) is 4.90 Å². The van der Waals surface area contributed by atoms with E-state index in [1.54, 1.807) is 36.3 Å². The molecule has 2 aromatic rings. The van der Waals surface area contributed by atoms with E-state index in [0.717, 1.165) is 11.3 Å². The van der Waals surface area contributed by atoms with Gasteiger partial charge in [0, 0.05) is 29.2 Å². The topological polar surface area (TPSA) is 79.0 Å². The molecule has 3 heterocycles. The van der Waals surface area contributed by atoms with Gasteiger partial charge < -0.3 is 9.64 Å². The molecule has 4 atom stereocenters. The second kappa shape index (κ2) is 7.17. The first-order valence-electron chi connectivity index (χ1n) is 10.2. The van der Waals surface area contributed by atoms with E-state index < -0.39 is 17.4 Å². The second-order valence-electron chi connectivity index (χ2n) is 8.12. The molecule has 3 aliphatic rings. The zero-order chi connectivity index (χ0) is 21.9. The Hall–Kier alpha value is -2.71. The van der Waals surface area contributed by atoms with Crippen LogP contribution in [0.25, 0.3) is 0 Å². The molecule has 2 saturated heterocycles. The fourth-order valence-electron chi connectivity index (χ4n) is 5.40. The largest absolute Gasteiger partial charge is 0.497 e. The molecule has 1 spiro atoms. The molecular weight excluding hydrogens is 462 g/mol. The number of methoxy groups -OCH3 is 1. The molecule has 7 nitrogen and oxygen atoms in total. The Morgan fingerprint density at radius 2 is 1.77 bits per heavy atom. The van der Waals surface area contributed by atoms with Gasteiger partial charge in [-0.15, -0.1) is 0 Å². The van der Waals surface area contributed by atoms with Gasteiger partial charge in [0.25, 0.3) is 5.91 Å². The van der Waals surface area contributed by atoms with Gasteiger partial charge in [0.2, 0.25) is 11.8 Å². The predicted octanol–water partition coefficient (Wildman–Crippen LogP) is 2.43. The van der Waals surface area contributed by atoms with Crippen LogP contribution in [-0.4, -0.2) is 42.7 Å². The molecule has 8 heteroatoms. The van der Waals surface area contributed by atoms with Crippen LogP contribution >= 0.6 is 15.9 Å². The van der Waals surface area contributed by atoms with E-state index in [2.05, 4.69) is 21.2 Å². The lowest BCUT2D eigenvalue weighted by molar-refractivity contribution is -0.132. The van der Waals surface area contributed by atoms with Crippen molar-refractivity contribution in [1.82, 2.24) is 5.32 Å². The van der Waals surface area contributed by atoms with Crippen molar-refractivity contribution in [2.24, 2.45) is 11.8 Å². The van der Waals surface area contributed by atoms with E-state index in [-0.39, 0.29) is 23.8 Å². The number of ether oxygens (including phenoxy) is 1. The van der Waals surface area contributed by atoms with Crippen molar-refractivity contribution in [2.75, 3.05) is 28.8 Å². The number of benzene rings is 2. The summed E-state index contributed by atoms with van der Waals surface area (Å²) in [4.78, 5) is 43.9. The average Bonchev–Trinajstić information content (AvgIpc) is 3.33. The molecule has 0 aromatic heterocycles. The number of nitrogens with zero attached hydrogens (tertiary/aromatic N) is 2. The van der Waals surface area contributed by atoms with E-state index in [1.165, 1.54) is 4.90 Å². The maximum absolute atomic E-state index is 13.8. The van der Waals surface area contributed by atoms with Gasteiger partial charge in [0.05, 0.1) is 24.6 Å². The third-order valence-corrected chi connectivity index (χ3v) is 7.01. The highest BCUT2D eigenvalue weighted by Gasteiger charge is 2.70. The van der Waals surface area contributed by atoms with Crippen molar-refractivity contribution in [3.05, 3.63) is 54.1 Å². The summed E-state index contributed by atoms with van der Waals surface area (Å²) in [7, 11) is 1.56. The Labute approximate surface area is 188 Å². The Morgan fingerprint density at radius 3 is 2.45 bits per heavy atom. The second-order valence-corrected chi connectivity index (χ2v) is 8.91.